The first kappa shape index (κ1) is 21.6. The SMILES string of the molecule is CC(=O)Nc1cc(NC(C)=O)cc(C(=O)NCC(c2ccco2)N2CCCCC2)c1. The first-order valence-corrected chi connectivity index (χ1v) is 10.2. The Hall–Kier alpha value is -3.13. The van der Waals surface area contributed by atoms with Crippen molar-refractivity contribution in [2.24, 2.45) is 0 Å². The molecule has 2 heterocycles. The zero-order valence-electron chi connectivity index (χ0n) is 17.4. The van der Waals surface area contributed by atoms with Gasteiger partial charge in [-0.25, -0.2) is 0 Å². The topological polar surface area (TPSA) is 104 Å². The second-order valence-corrected chi connectivity index (χ2v) is 7.50. The van der Waals surface area contributed by atoms with Crippen LogP contribution in [0.15, 0.2) is 41.0 Å². The van der Waals surface area contributed by atoms with Gasteiger partial charge in [0.1, 0.15) is 5.76 Å². The van der Waals surface area contributed by atoms with E-state index in [1.54, 1.807) is 24.5 Å². The van der Waals surface area contributed by atoms with Crippen LogP contribution in [-0.4, -0.2) is 42.3 Å². The van der Waals surface area contributed by atoms with E-state index in [0.29, 0.717) is 23.5 Å². The van der Waals surface area contributed by atoms with E-state index < -0.39 is 0 Å². The molecule has 3 amide bonds. The highest BCUT2D eigenvalue weighted by Crippen LogP contribution is 2.25. The number of nitrogens with one attached hydrogen (secondary N) is 3. The van der Waals surface area contributed by atoms with Gasteiger partial charge in [0.05, 0.1) is 12.3 Å². The van der Waals surface area contributed by atoms with Crippen LogP contribution in [0.3, 0.4) is 0 Å². The van der Waals surface area contributed by atoms with Crippen molar-refractivity contribution in [1.82, 2.24) is 10.2 Å². The number of anilines is 2. The predicted molar refractivity (Wildman–Crippen MR) is 114 cm³/mol. The molecule has 8 heteroatoms. The first-order valence-electron chi connectivity index (χ1n) is 10.2. The van der Waals surface area contributed by atoms with Crippen molar-refractivity contribution in [1.29, 1.82) is 0 Å². The molecule has 3 rings (SSSR count). The van der Waals surface area contributed by atoms with Crippen LogP contribution in [0.5, 0.6) is 0 Å². The lowest BCUT2D eigenvalue weighted by atomic mass is 10.1. The van der Waals surface area contributed by atoms with Crippen LogP contribution >= 0.6 is 0 Å². The molecule has 8 nitrogen and oxygen atoms in total. The highest BCUT2D eigenvalue weighted by molar-refractivity contribution is 5.99. The Labute approximate surface area is 176 Å². The van der Waals surface area contributed by atoms with E-state index in [1.807, 2.05) is 12.1 Å². The Bertz CT molecular complexity index is 854. The molecule has 3 N–H and O–H groups in total. The van der Waals surface area contributed by atoms with E-state index in [4.69, 9.17) is 4.42 Å². The fourth-order valence-electron chi connectivity index (χ4n) is 3.72. The standard InChI is InChI=1S/C22H28N4O4/c1-15(27)24-18-11-17(12-19(13-18)25-16(2)28)22(29)23-14-20(21-7-6-10-30-21)26-8-4-3-5-9-26/h6-7,10-13,20H,3-5,8-9,14H2,1-2H3,(H,23,29)(H,24,27)(H,25,28). The largest absolute Gasteiger partial charge is 0.468 e. The number of amides is 3. The number of hydrogen-bond donors (Lipinski definition) is 3. The van der Waals surface area contributed by atoms with Gasteiger partial charge in [-0.3, -0.25) is 19.3 Å². The van der Waals surface area contributed by atoms with Crippen LogP contribution in [0.25, 0.3) is 0 Å². The summed E-state index contributed by atoms with van der Waals surface area (Å²) in [6.07, 6.45) is 5.12. The Morgan fingerprint density at radius 1 is 1.00 bits per heavy atom. The average molecular weight is 412 g/mol. The van der Waals surface area contributed by atoms with E-state index >= 15 is 0 Å². The van der Waals surface area contributed by atoms with Crippen LogP contribution in [0.2, 0.25) is 0 Å². The zero-order chi connectivity index (χ0) is 21.5. The highest BCUT2D eigenvalue weighted by atomic mass is 16.3. The molecular formula is C22H28N4O4. The summed E-state index contributed by atoms with van der Waals surface area (Å²) in [6.45, 7) is 5.10. The summed E-state index contributed by atoms with van der Waals surface area (Å²) in [4.78, 5) is 38.1. The molecule has 1 aliphatic heterocycles. The predicted octanol–water partition coefficient (Wildman–Crippen LogP) is 3.15. The normalized spacial score (nSPS) is 15.3. The number of piperidine rings is 1. The van der Waals surface area contributed by atoms with Crippen molar-refractivity contribution in [3.63, 3.8) is 0 Å². The quantitative estimate of drug-likeness (QED) is 0.648. The van der Waals surface area contributed by atoms with Crippen LogP contribution in [0, 0.1) is 0 Å². The fraction of sp³-hybridized carbons (Fsp3) is 0.409. The Balaban J connectivity index is 1.76. The lowest BCUT2D eigenvalue weighted by Crippen LogP contribution is -2.40. The van der Waals surface area contributed by atoms with Gasteiger partial charge in [0, 0.05) is 37.3 Å². The van der Waals surface area contributed by atoms with Gasteiger partial charge in [0.25, 0.3) is 5.91 Å². The summed E-state index contributed by atoms with van der Waals surface area (Å²) in [5.74, 6) is 0.0131. The highest BCUT2D eigenvalue weighted by Gasteiger charge is 2.25. The van der Waals surface area contributed by atoms with Gasteiger partial charge in [-0.05, 0) is 56.3 Å². The Kier molecular flexibility index (Phi) is 7.24. The monoisotopic (exact) mass is 412 g/mol. The van der Waals surface area contributed by atoms with Crippen molar-refractivity contribution in [2.75, 3.05) is 30.3 Å². The van der Waals surface area contributed by atoms with Gasteiger partial charge >= 0.3 is 0 Å². The molecule has 160 valence electrons. The van der Waals surface area contributed by atoms with Crippen molar-refractivity contribution >= 4 is 29.1 Å². The van der Waals surface area contributed by atoms with Gasteiger partial charge in [0.2, 0.25) is 11.8 Å². The smallest absolute Gasteiger partial charge is 0.251 e. The second kappa shape index (κ2) is 10.1. The molecule has 1 atom stereocenters. The van der Waals surface area contributed by atoms with E-state index in [1.165, 1.54) is 20.3 Å². The Morgan fingerprint density at radius 2 is 1.63 bits per heavy atom. The van der Waals surface area contributed by atoms with Crippen LogP contribution in [0.4, 0.5) is 11.4 Å². The molecule has 30 heavy (non-hydrogen) atoms. The van der Waals surface area contributed by atoms with E-state index in [-0.39, 0.29) is 23.8 Å². The van der Waals surface area contributed by atoms with Gasteiger partial charge < -0.3 is 20.4 Å². The van der Waals surface area contributed by atoms with Crippen LogP contribution < -0.4 is 16.0 Å². The van der Waals surface area contributed by atoms with E-state index in [2.05, 4.69) is 20.9 Å². The van der Waals surface area contributed by atoms with Gasteiger partial charge in [-0.2, -0.15) is 0 Å². The number of hydrogen-bond acceptors (Lipinski definition) is 5. The molecule has 1 fully saturated rings. The summed E-state index contributed by atoms with van der Waals surface area (Å²) in [5.41, 5.74) is 1.23. The Morgan fingerprint density at radius 3 is 2.17 bits per heavy atom. The summed E-state index contributed by atoms with van der Waals surface area (Å²) >= 11 is 0. The molecule has 1 aromatic heterocycles. The van der Waals surface area contributed by atoms with E-state index in [0.717, 1.165) is 31.7 Å². The summed E-state index contributed by atoms with van der Waals surface area (Å²) in [6, 6.07) is 8.52. The number of carbonyl (C=O) groups excluding carboxylic acids is 3. The fourth-order valence-corrected chi connectivity index (χ4v) is 3.72. The van der Waals surface area contributed by atoms with Crippen molar-refractivity contribution < 1.29 is 18.8 Å². The number of carbonyl (C=O) groups is 3. The third kappa shape index (κ3) is 5.93. The number of nitrogens with zero attached hydrogens (tertiary/aromatic N) is 1. The maximum atomic E-state index is 12.9. The third-order valence-corrected chi connectivity index (χ3v) is 4.99. The number of benzene rings is 1. The molecule has 1 saturated heterocycles. The molecule has 0 saturated carbocycles. The summed E-state index contributed by atoms with van der Waals surface area (Å²) in [7, 11) is 0. The summed E-state index contributed by atoms with van der Waals surface area (Å²) < 4.78 is 5.62. The third-order valence-electron chi connectivity index (χ3n) is 4.99. The number of furan rings is 1. The van der Waals surface area contributed by atoms with Crippen molar-refractivity contribution in [3.05, 3.63) is 47.9 Å². The first-order chi connectivity index (χ1) is 14.4. The molecule has 0 bridgehead atoms. The van der Waals surface area contributed by atoms with Crippen LogP contribution in [-0.2, 0) is 9.59 Å². The zero-order valence-corrected chi connectivity index (χ0v) is 17.4. The van der Waals surface area contributed by atoms with Crippen molar-refractivity contribution in [3.8, 4) is 0 Å². The lowest BCUT2D eigenvalue weighted by molar-refractivity contribution is -0.115. The molecule has 1 aromatic carbocycles. The molecule has 0 radical (unpaired) electrons. The van der Waals surface area contributed by atoms with Gasteiger partial charge in [-0.15, -0.1) is 0 Å². The molecule has 0 spiro atoms. The average Bonchev–Trinajstić information content (AvgIpc) is 3.22. The molecule has 1 aliphatic rings. The maximum Gasteiger partial charge on any atom is 0.251 e. The maximum absolute atomic E-state index is 12.9. The number of likely N-dealkylation sites (tertiary alicyclic amines) is 1. The van der Waals surface area contributed by atoms with Gasteiger partial charge in [-0.1, -0.05) is 6.42 Å². The minimum Gasteiger partial charge on any atom is -0.468 e. The molecule has 2 aromatic rings. The molecular weight excluding hydrogens is 384 g/mol. The minimum absolute atomic E-state index is 0.0439. The number of rotatable bonds is 7. The lowest BCUT2D eigenvalue weighted by Gasteiger charge is -2.33. The second-order valence-electron chi connectivity index (χ2n) is 7.50. The molecule has 0 aliphatic carbocycles. The van der Waals surface area contributed by atoms with E-state index in [9.17, 15) is 14.4 Å². The van der Waals surface area contributed by atoms with Crippen molar-refractivity contribution in [2.45, 2.75) is 39.2 Å². The minimum atomic E-state index is -0.289. The molecule has 1 unspecified atom stereocenters. The van der Waals surface area contributed by atoms with Crippen LogP contribution in [0.1, 0.15) is 55.3 Å². The van der Waals surface area contributed by atoms with Gasteiger partial charge in [0.15, 0.2) is 0 Å². The summed E-state index contributed by atoms with van der Waals surface area (Å²) in [5, 5.41) is 8.30.